The van der Waals surface area contributed by atoms with Gasteiger partial charge in [-0.25, -0.2) is 0 Å². The van der Waals surface area contributed by atoms with Crippen LogP contribution in [0.5, 0.6) is 0 Å². The highest BCUT2D eigenvalue weighted by molar-refractivity contribution is 6.70. The average molecular weight is 144 g/mol. The molecule has 0 N–H and O–H groups in total. The van der Waals surface area contributed by atoms with Gasteiger partial charge >= 0.3 is 0 Å². The summed E-state index contributed by atoms with van der Waals surface area (Å²) >= 11 is 0. The molecular weight excluding hydrogens is 128 g/mol. The van der Waals surface area contributed by atoms with Crippen LogP contribution in [0.15, 0.2) is 11.8 Å². The summed E-state index contributed by atoms with van der Waals surface area (Å²) in [6.07, 6.45) is 2.00. The van der Waals surface area contributed by atoms with Crippen molar-refractivity contribution in [3.8, 4) is 0 Å². The Kier molecular flexibility index (Phi) is 2.98. The first-order chi connectivity index (χ1) is 3.95. The molecule has 0 aromatic carbocycles. The molecule has 0 aliphatic carbocycles. The molecule has 9 heavy (non-hydrogen) atoms. The third-order valence-corrected chi connectivity index (χ3v) is 1.81. The van der Waals surface area contributed by atoms with Gasteiger partial charge in [0.25, 0.3) is 0 Å². The molecule has 54 valence electrons. The minimum absolute atomic E-state index is 1.05. The molecule has 0 spiro atoms. The van der Waals surface area contributed by atoms with E-state index in [2.05, 4.69) is 19.6 Å². The van der Waals surface area contributed by atoms with Crippen molar-refractivity contribution in [1.82, 2.24) is 0 Å². The summed E-state index contributed by atoms with van der Waals surface area (Å²) < 4.78 is 5.59. The van der Waals surface area contributed by atoms with Gasteiger partial charge in [0.05, 0.1) is 5.76 Å². The van der Waals surface area contributed by atoms with E-state index < -0.39 is 8.32 Å². The zero-order chi connectivity index (χ0) is 7.49. The molecule has 0 rings (SSSR count). The van der Waals surface area contributed by atoms with E-state index in [0.717, 1.165) is 5.76 Å². The van der Waals surface area contributed by atoms with Gasteiger partial charge in [-0.1, -0.05) is 6.08 Å². The van der Waals surface area contributed by atoms with Crippen LogP contribution in [-0.4, -0.2) is 8.32 Å². The van der Waals surface area contributed by atoms with Gasteiger partial charge in [-0.05, 0) is 33.5 Å². The smallest absolute Gasteiger partial charge is 0.241 e. The number of allylic oxidation sites excluding steroid dienone is 2. The molecule has 0 aromatic heterocycles. The van der Waals surface area contributed by atoms with E-state index in [1.807, 2.05) is 19.9 Å². The lowest BCUT2D eigenvalue weighted by Gasteiger charge is -2.18. The average Bonchev–Trinajstić information content (AvgIpc) is 1.62. The molecule has 0 aromatic rings. The monoisotopic (exact) mass is 144 g/mol. The molecular formula is C7H16OSi. The highest BCUT2D eigenvalue weighted by Gasteiger charge is 2.14. The number of hydrogen-bond acceptors (Lipinski definition) is 1. The van der Waals surface area contributed by atoms with Gasteiger partial charge in [-0.3, -0.25) is 0 Å². The van der Waals surface area contributed by atoms with Gasteiger partial charge in [0.1, 0.15) is 0 Å². The Morgan fingerprint density at radius 2 is 1.78 bits per heavy atom. The summed E-state index contributed by atoms with van der Waals surface area (Å²) in [5.41, 5.74) is 0. The summed E-state index contributed by atoms with van der Waals surface area (Å²) in [5, 5.41) is 0. The van der Waals surface area contributed by atoms with E-state index in [4.69, 9.17) is 4.43 Å². The lowest BCUT2D eigenvalue weighted by atomic mass is 10.5. The largest absolute Gasteiger partial charge is 0.548 e. The third kappa shape index (κ3) is 5.63. The van der Waals surface area contributed by atoms with Gasteiger partial charge < -0.3 is 4.43 Å². The Morgan fingerprint density at radius 1 is 1.33 bits per heavy atom. The molecule has 0 radical (unpaired) electrons. The second kappa shape index (κ2) is 3.06. The maximum atomic E-state index is 5.59. The van der Waals surface area contributed by atoms with E-state index in [0.29, 0.717) is 0 Å². The van der Waals surface area contributed by atoms with Crippen molar-refractivity contribution in [3.05, 3.63) is 11.8 Å². The maximum absolute atomic E-state index is 5.59. The van der Waals surface area contributed by atoms with Crippen molar-refractivity contribution < 1.29 is 4.43 Å². The minimum atomic E-state index is -1.31. The van der Waals surface area contributed by atoms with E-state index >= 15 is 0 Å². The topological polar surface area (TPSA) is 9.23 Å². The Hall–Kier alpha value is -0.243. The van der Waals surface area contributed by atoms with E-state index in [9.17, 15) is 0 Å². The molecule has 0 heterocycles. The van der Waals surface area contributed by atoms with Crippen LogP contribution in [0.3, 0.4) is 0 Å². The van der Waals surface area contributed by atoms with Crippen molar-refractivity contribution in [2.75, 3.05) is 0 Å². The quantitative estimate of drug-likeness (QED) is 0.428. The molecule has 0 bridgehead atoms. The highest BCUT2D eigenvalue weighted by Crippen LogP contribution is 2.08. The molecule has 0 amide bonds. The summed E-state index contributed by atoms with van der Waals surface area (Å²) in [4.78, 5) is 0. The fourth-order valence-electron chi connectivity index (χ4n) is 0.542. The highest BCUT2D eigenvalue weighted by atomic mass is 28.4. The molecule has 1 nitrogen and oxygen atoms in total. The molecule has 0 saturated carbocycles. The van der Waals surface area contributed by atoms with Gasteiger partial charge in [0.2, 0.25) is 8.32 Å². The second-order valence-corrected chi connectivity index (χ2v) is 7.54. The van der Waals surface area contributed by atoms with E-state index in [1.165, 1.54) is 0 Å². The normalized spacial score (nSPS) is 13.7. The SMILES string of the molecule is CC=C(C)O[Si](C)(C)C. The Labute approximate surface area is 58.9 Å². The predicted octanol–water partition coefficient (Wildman–Crippen LogP) is 2.76. The van der Waals surface area contributed by atoms with E-state index in [-0.39, 0.29) is 0 Å². The van der Waals surface area contributed by atoms with Crippen LogP contribution in [0.25, 0.3) is 0 Å². The van der Waals surface area contributed by atoms with Crippen molar-refractivity contribution in [2.45, 2.75) is 33.5 Å². The van der Waals surface area contributed by atoms with Gasteiger partial charge in [-0.2, -0.15) is 0 Å². The first kappa shape index (κ1) is 8.76. The summed E-state index contributed by atoms with van der Waals surface area (Å²) in [6, 6.07) is 0. The van der Waals surface area contributed by atoms with E-state index in [1.54, 1.807) is 0 Å². The second-order valence-electron chi connectivity index (χ2n) is 3.11. The van der Waals surface area contributed by atoms with Crippen molar-refractivity contribution in [2.24, 2.45) is 0 Å². The number of rotatable bonds is 2. The zero-order valence-corrected chi connectivity index (χ0v) is 7.99. The van der Waals surface area contributed by atoms with Crippen molar-refractivity contribution in [3.63, 3.8) is 0 Å². The molecule has 0 aliphatic rings. The number of hydrogen-bond donors (Lipinski definition) is 0. The van der Waals surface area contributed by atoms with Crippen LogP contribution < -0.4 is 0 Å². The molecule has 0 saturated heterocycles. The Morgan fingerprint density at radius 3 is 1.89 bits per heavy atom. The fraction of sp³-hybridized carbons (Fsp3) is 0.714. The fourth-order valence-corrected chi connectivity index (χ4v) is 1.63. The van der Waals surface area contributed by atoms with Gasteiger partial charge in [0.15, 0.2) is 0 Å². The summed E-state index contributed by atoms with van der Waals surface area (Å²) in [7, 11) is -1.31. The minimum Gasteiger partial charge on any atom is -0.548 e. The first-order valence-corrected chi connectivity index (χ1v) is 6.68. The molecule has 0 aliphatic heterocycles. The van der Waals surface area contributed by atoms with Crippen molar-refractivity contribution >= 4 is 8.32 Å². The molecule has 0 unspecified atom stereocenters. The van der Waals surface area contributed by atoms with Crippen LogP contribution in [0.1, 0.15) is 13.8 Å². The van der Waals surface area contributed by atoms with Crippen LogP contribution in [-0.2, 0) is 4.43 Å². The van der Waals surface area contributed by atoms with Crippen LogP contribution in [0.2, 0.25) is 19.6 Å². The van der Waals surface area contributed by atoms with Crippen LogP contribution >= 0.6 is 0 Å². The lowest BCUT2D eigenvalue weighted by Crippen LogP contribution is -2.23. The lowest BCUT2D eigenvalue weighted by molar-refractivity contribution is 0.423. The summed E-state index contributed by atoms with van der Waals surface area (Å²) in [5.74, 6) is 1.05. The van der Waals surface area contributed by atoms with Gasteiger partial charge in [0, 0.05) is 0 Å². The zero-order valence-electron chi connectivity index (χ0n) is 6.99. The first-order valence-electron chi connectivity index (χ1n) is 3.27. The molecule has 0 atom stereocenters. The maximum Gasteiger partial charge on any atom is 0.241 e. The van der Waals surface area contributed by atoms with Crippen LogP contribution in [0, 0.1) is 0 Å². The third-order valence-electron chi connectivity index (χ3n) is 0.874. The summed E-state index contributed by atoms with van der Waals surface area (Å²) in [6.45, 7) is 10.5. The molecule has 0 fully saturated rings. The molecule has 2 heteroatoms. The van der Waals surface area contributed by atoms with Crippen molar-refractivity contribution in [1.29, 1.82) is 0 Å². The predicted molar refractivity (Wildman–Crippen MR) is 43.9 cm³/mol. The Balaban J connectivity index is 3.75. The standard InChI is InChI=1S/C7H16OSi/c1-6-7(2)8-9(3,4)5/h6H,1-5H3. The Bertz CT molecular complexity index is 111. The van der Waals surface area contributed by atoms with Gasteiger partial charge in [-0.15, -0.1) is 0 Å². The van der Waals surface area contributed by atoms with Crippen LogP contribution in [0.4, 0.5) is 0 Å².